The van der Waals surface area contributed by atoms with Crippen LogP contribution in [0.4, 0.5) is 5.95 Å². The predicted octanol–water partition coefficient (Wildman–Crippen LogP) is -0.861. The highest BCUT2D eigenvalue weighted by Crippen LogP contribution is 2.05. The molecule has 0 aliphatic heterocycles. The van der Waals surface area contributed by atoms with E-state index in [-0.39, 0.29) is 18.9 Å². The fourth-order valence-corrected chi connectivity index (χ4v) is 1.12. The molecule has 0 amide bonds. The van der Waals surface area contributed by atoms with Gasteiger partial charge >= 0.3 is 0 Å². The number of aromatic nitrogens is 2. The molecule has 15 heavy (non-hydrogen) atoms. The van der Waals surface area contributed by atoms with Gasteiger partial charge in [0.25, 0.3) is 0 Å². The molecule has 0 saturated heterocycles. The van der Waals surface area contributed by atoms with Crippen molar-refractivity contribution in [3.05, 3.63) is 18.0 Å². The van der Waals surface area contributed by atoms with Crippen LogP contribution in [0.15, 0.2) is 12.3 Å². The van der Waals surface area contributed by atoms with E-state index in [1.54, 1.807) is 4.90 Å². The fraction of sp³-hybridized carbons (Fsp3) is 0.444. The second-order valence-electron chi connectivity index (χ2n) is 2.79. The molecule has 1 rings (SSSR count). The summed E-state index contributed by atoms with van der Waals surface area (Å²) in [6.45, 7) is 0.547. The Morgan fingerprint density at radius 3 is 2.53 bits per heavy atom. The highest BCUT2D eigenvalue weighted by Gasteiger charge is 2.08. The topological polar surface area (TPSA) is 93.3 Å². The average Bonchev–Trinajstić information content (AvgIpc) is 2.29. The van der Waals surface area contributed by atoms with Crippen molar-refractivity contribution in [2.75, 3.05) is 31.2 Å². The minimum Gasteiger partial charge on any atom is -0.395 e. The SMILES string of the molecule is N#Cc1ccnc(N(CCO)CCO)n1. The number of hydrogen-bond acceptors (Lipinski definition) is 6. The van der Waals surface area contributed by atoms with Crippen LogP contribution in [0.1, 0.15) is 5.69 Å². The van der Waals surface area contributed by atoms with E-state index in [1.165, 1.54) is 12.3 Å². The molecule has 0 aliphatic rings. The highest BCUT2D eigenvalue weighted by molar-refractivity contribution is 5.33. The van der Waals surface area contributed by atoms with Gasteiger partial charge in [-0.15, -0.1) is 0 Å². The van der Waals surface area contributed by atoms with Crippen molar-refractivity contribution in [3.8, 4) is 6.07 Å². The lowest BCUT2D eigenvalue weighted by Gasteiger charge is -2.19. The van der Waals surface area contributed by atoms with E-state index in [0.29, 0.717) is 19.0 Å². The zero-order valence-corrected chi connectivity index (χ0v) is 8.17. The van der Waals surface area contributed by atoms with Crippen molar-refractivity contribution in [2.45, 2.75) is 0 Å². The van der Waals surface area contributed by atoms with Gasteiger partial charge in [0.05, 0.1) is 13.2 Å². The number of nitrogens with zero attached hydrogens (tertiary/aromatic N) is 4. The van der Waals surface area contributed by atoms with Crippen LogP contribution in [-0.4, -0.2) is 46.5 Å². The van der Waals surface area contributed by atoms with Crippen molar-refractivity contribution < 1.29 is 10.2 Å². The van der Waals surface area contributed by atoms with E-state index >= 15 is 0 Å². The van der Waals surface area contributed by atoms with Gasteiger partial charge in [-0.05, 0) is 6.07 Å². The molecule has 1 aromatic heterocycles. The lowest BCUT2D eigenvalue weighted by Crippen LogP contribution is -2.31. The first kappa shape index (κ1) is 11.4. The van der Waals surface area contributed by atoms with Gasteiger partial charge in [0.15, 0.2) is 0 Å². The Morgan fingerprint density at radius 1 is 1.33 bits per heavy atom. The molecule has 0 radical (unpaired) electrons. The van der Waals surface area contributed by atoms with Gasteiger partial charge in [0.2, 0.25) is 5.95 Å². The molecule has 0 atom stereocenters. The molecule has 1 heterocycles. The zero-order chi connectivity index (χ0) is 11.1. The van der Waals surface area contributed by atoms with Crippen molar-refractivity contribution in [2.24, 2.45) is 0 Å². The van der Waals surface area contributed by atoms with Crippen molar-refractivity contribution >= 4 is 5.95 Å². The zero-order valence-electron chi connectivity index (χ0n) is 8.17. The number of hydrogen-bond donors (Lipinski definition) is 2. The molecule has 2 N–H and O–H groups in total. The summed E-state index contributed by atoms with van der Waals surface area (Å²) in [5.74, 6) is 0.345. The van der Waals surface area contributed by atoms with Gasteiger partial charge in [-0.3, -0.25) is 0 Å². The monoisotopic (exact) mass is 208 g/mol. The Kier molecular flexibility index (Phi) is 4.47. The molecule has 0 fully saturated rings. The lowest BCUT2D eigenvalue weighted by atomic mass is 10.4. The van der Waals surface area contributed by atoms with Gasteiger partial charge in [-0.1, -0.05) is 0 Å². The largest absolute Gasteiger partial charge is 0.395 e. The van der Waals surface area contributed by atoms with Crippen LogP contribution < -0.4 is 4.90 Å². The van der Waals surface area contributed by atoms with Crippen LogP contribution in [0.25, 0.3) is 0 Å². The van der Waals surface area contributed by atoms with Gasteiger partial charge < -0.3 is 15.1 Å². The van der Waals surface area contributed by atoms with Gasteiger partial charge in [-0.25, -0.2) is 9.97 Å². The number of anilines is 1. The number of aliphatic hydroxyl groups excluding tert-OH is 2. The standard InChI is InChI=1S/C9H12N4O2/c10-7-8-1-2-11-9(12-8)13(3-5-14)4-6-15/h1-2,14-15H,3-6H2. The Balaban J connectivity index is 2.85. The summed E-state index contributed by atoms with van der Waals surface area (Å²) < 4.78 is 0. The van der Waals surface area contributed by atoms with E-state index < -0.39 is 0 Å². The Bertz CT molecular complexity index is 344. The van der Waals surface area contributed by atoms with Gasteiger partial charge in [0.1, 0.15) is 11.8 Å². The molecule has 0 aromatic carbocycles. The second-order valence-corrected chi connectivity index (χ2v) is 2.79. The third-order valence-electron chi connectivity index (χ3n) is 1.78. The maximum absolute atomic E-state index is 8.81. The summed E-state index contributed by atoms with van der Waals surface area (Å²) in [4.78, 5) is 9.54. The first-order valence-corrected chi connectivity index (χ1v) is 4.51. The minimum atomic E-state index is -0.0554. The maximum Gasteiger partial charge on any atom is 0.226 e. The summed E-state index contributed by atoms with van der Waals surface area (Å²) in [7, 11) is 0. The molecule has 0 unspecified atom stereocenters. The van der Waals surface area contributed by atoms with Crippen LogP contribution >= 0.6 is 0 Å². The van der Waals surface area contributed by atoms with E-state index in [9.17, 15) is 0 Å². The van der Waals surface area contributed by atoms with Crippen LogP contribution in [-0.2, 0) is 0 Å². The summed E-state index contributed by atoms with van der Waals surface area (Å²) in [6.07, 6.45) is 1.47. The molecule has 0 saturated carbocycles. The smallest absolute Gasteiger partial charge is 0.226 e. The van der Waals surface area contributed by atoms with Gasteiger partial charge in [0, 0.05) is 19.3 Å². The number of nitriles is 1. The number of rotatable bonds is 5. The van der Waals surface area contributed by atoms with E-state index in [2.05, 4.69) is 9.97 Å². The second kappa shape index (κ2) is 5.90. The molecule has 6 nitrogen and oxygen atoms in total. The Hall–Kier alpha value is -1.71. The summed E-state index contributed by atoms with van der Waals surface area (Å²) in [5, 5.41) is 26.3. The predicted molar refractivity (Wildman–Crippen MR) is 53.1 cm³/mol. The van der Waals surface area contributed by atoms with E-state index in [0.717, 1.165) is 0 Å². The molecular weight excluding hydrogens is 196 g/mol. The third kappa shape index (κ3) is 3.16. The van der Waals surface area contributed by atoms with Crippen molar-refractivity contribution in [1.29, 1.82) is 5.26 Å². The molecule has 0 aliphatic carbocycles. The summed E-state index contributed by atoms with van der Waals surface area (Å²) in [6, 6.07) is 3.40. The normalized spacial score (nSPS) is 9.67. The summed E-state index contributed by atoms with van der Waals surface area (Å²) >= 11 is 0. The minimum absolute atomic E-state index is 0.0554. The fourth-order valence-electron chi connectivity index (χ4n) is 1.12. The summed E-state index contributed by atoms with van der Waals surface area (Å²) in [5.41, 5.74) is 0.265. The highest BCUT2D eigenvalue weighted by atomic mass is 16.3. The van der Waals surface area contributed by atoms with E-state index in [4.69, 9.17) is 15.5 Å². The quantitative estimate of drug-likeness (QED) is 0.654. The lowest BCUT2D eigenvalue weighted by molar-refractivity contribution is 0.280. The first-order chi connectivity index (χ1) is 7.31. The molecule has 0 spiro atoms. The average molecular weight is 208 g/mol. The molecule has 80 valence electrons. The molecule has 6 heteroatoms. The molecule has 0 bridgehead atoms. The Morgan fingerprint density at radius 2 is 2.00 bits per heavy atom. The van der Waals surface area contributed by atoms with Crippen LogP contribution in [0.5, 0.6) is 0 Å². The maximum atomic E-state index is 8.81. The van der Waals surface area contributed by atoms with Gasteiger partial charge in [-0.2, -0.15) is 5.26 Å². The molecule has 1 aromatic rings. The first-order valence-electron chi connectivity index (χ1n) is 4.51. The van der Waals surface area contributed by atoms with Crippen LogP contribution in [0, 0.1) is 11.3 Å². The van der Waals surface area contributed by atoms with Crippen LogP contribution in [0.3, 0.4) is 0 Å². The molecular formula is C9H12N4O2. The van der Waals surface area contributed by atoms with Crippen molar-refractivity contribution in [3.63, 3.8) is 0 Å². The third-order valence-corrected chi connectivity index (χ3v) is 1.78. The number of aliphatic hydroxyl groups is 2. The van der Waals surface area contributed by atoms with Crippen molar-refractivity contribution in [1.82, 2.24) is 9.97 Å². The Labute approximate surface area is 87.4 Å². The van der Waals surface area contributed by atoms with E-state index in [1.807, 2.05) is 6.07 Å². The van der Waals surface area contributed by atoms with Crippen LogP contribution in [0.2, 0.25) is 0 Å².